The van der Waals surface area contributed by atoms with Gasteiger partial charge in [-0.2, -0.15) is 0 Å². The first kappa shape index (κ1) is 12.1. The molecule has 0 aromatic heterocycles. The highest BCUT2D eigenvalue weighted by Gasteiger charge is 2.16. The zero-order valence-electron chi connectivity index (χ0n) is 9.80. The minimum Gasteiger partial charge on any atom is -0.393 e. The predicted octanol–water partition coefficient (Wildman–Crippen LogP) is 0.742. The maximum absolute atomic E-state index is 11.1. The van der Waals surface area contributed by atoms with Gasteiger partial charge in [0.2, 0.25) is 5.91 Å². The van der Waals surface area contributed by atoms with Gasteiger partial charge in [-0.1, -0.05) is 12.1 Å². The summed E-state index contributed by atoms with van der Waals surface area (Å²) in [5.41, 5.74) is 6.90. The van der Waals surface area contributed by atoms with Gasteiger partial charge in [0.05, 0.1) is 6.10 Å². The molecule has 17 heavy (non-hydrogen) atoms. The van der Waals surface area contributed by atoms with Crippen LogP contribution in [0.15, 0.2) is 24.3 Å². The highest BCUT2D eigenvalue weighted by molar-refractivity contribution is 5.92. The second-order valence-electron chi connectivity index (χ2n) is 4.57. The van der Waals surface area contributed by atoms with Crippen molar-refractivity contribution in [3.8, 4) is 0 Å². The minimum absolute atomic E-state index is 0.150. The number of hydrogen-bond donors (Lipinski definition) is 2. The number of carbonyl (C=O) groups excluding carboxylic acids is 1. The van der Waals surface area contributed by atoms with E-state index >= 15 is 0 Å². The average molecular weight is 234 g/mol. The third kappa shape index (κ3) is 3.28. The Balaban J connectivity index is 1.98. The number of carbonyl (C=O) groups is 1. The Labute approximate surface area is 101 Å². The quantitative estimate of drug-likeness (QED) is 0.810. The lowest BCUT2D eigenvalue weighted by Gasteiger charge is -2.29. The molecule has 0 atom stereocenters. The molecule has 2 rings (SSSR count). The van der Waals surface area contributed by atoms with Crippen LogP contribution in [0.5, 0.6) is 0 Å². The fourth-order valence-electron chi connectivity index (χ4n) is 2.16. The van der Waals surface area contributed by atoms with Crippen molar-refractivity contribution in [3.05, 3.63) is 35.4 Å². The molecule has 3 N–H and O–H groups in total. The van der Waals surface area contributed by atoms with E-state index in [9.17, 15) is 9.90 Å². The molecule has 1 amide bonds. The van der Waals surface area contributed by atoms with E-state index in [0.717, 1.165) is 38.0 Å². The lowest BCUT2D eigenvalue weighted by molar-refractivity contribution is 0.0792. The summed E-state index contributed by atoms with van der Waals surface area (Å²) in [6.45, 7) is 2.62. The summed E-state index contributed by atoms with van der Waals surface area (Å²) in [6, 6.07) is 7.42. The molecule has 1 fully saturated rings. The Bertz CT molecular complexity index is 398. The third-order valence-corrected chi connectivity index (χ3v) is 3.17. The van der Waals surface area contributed by atoms with Crippen LogP contribution in [0.3, 0.4) is 0 Å². The van der Waals surface area contributed by atoms with Crippen LogP contribution in [-0.4, -0.2) is 35.1 Å². The van der Waals surface area contributed by atoms with Crippen LogP contribution >= 0.6 is 0 Å². The monoisotopic (exact) mass is 234 g/mol. The number of aliphatic hydroxyl groups excluding tert-OH is 1. The molecule has 0 radical (unpaired) electrons. The van der Waals surface area contributed by atoms with E-state index in [4.69, 9.17) is 5.73 Å². The second kappa shape index (κ2) is 5.29. The first-order valence-electron chi connectivity index (χ1n) is 5.94. The number of benzene rings is 1. The summed E-state index contributed by atoms with van der Waals surface area (Å²) in [7, 11) is 0. The number of rotatable bonds is 3. The van der Waals surface area contributed by atoms with Gasteiger partial charge >= 0.3 is 0 Å². The zero-order chi connectivity index (χ0) is 12.3. The summed E-state index contributed by atoms with van der Waals surface area (Å²) in [5, 5.41) is 9.42. The average Bonchev–Trinajstić information content (AvgIpc) is 2.32. The van der Waals surface area contributed by atoms with Crippen molar-refractivity contribution >= 4 is 5.91 Å². The Morgan fingerprint density at radius 1 is 1.41 bits per heavy atom. The Kier molecular flexibility index (Phi) is 3.76. The van der Waals surface area contributed by atoms with Crippen LogP contribution in [0.4, 0.5) is 0 Å². The van der Waals surface area contributed by atoms with Gasteiger partial charge in [0.15, 0.2) is 0 Å². The van der Waals surface area contributed by atoms with E-state index in [1.54, 1.807) is 6.07 Å². The molecule has 4 nitrogen and oxygen atoms in total. The molecule has 4 heteroatoms. The van der Waals surface area contributed by atoms with E-state index in [1.165, 1.54) is 0 Å². The van der Waals surface area contributed by atoms with Crippen LogP contribution in [0.1, 0.15) is 28.8 Å². The molecule has 1 aromatic rings. The van der Waals surface area contributed by atoms with Crippen molar-refractivity contribution in [1.29, 1.82) is 0 Å². The fraction of sp³-hybridized carbons (Fsp3) is 0.462. The van der Waals surface area contributed by atoms with Crippen molar-refractivity contribution in [3.63, 3.8) is 0 Å². The lowest BCUT2D eigenvalue weighted by atomic mass is 10.1. The number of nitrogens with zero attached hydrogens (tertiary/aromatic N) is 1. The fourth-order valence-corrected chi connectivity index (χ4v) is 2.16. The van der Waals surface area contributed by atoms with Gasteiger partial charge < -0.3 is 10.8 Å². The number of hydrogen-bond acceptors (Lipinski definition) is 3. The summed E-state index contributed by atoms with van der Waals surface area (Å²) in [5.74, 6) is -0.388. The highest BCUT2D eigenvalue weighted by atomic mass is 16.3. The van der Waals surface area contributed by atoms with E-state index < -0.39 is 0 Å². The van der Waals surface area contributed by atoms with Gasteiger partial charge in [-0.3, -0.25) is 9.69 Å². The van der Waals surface area contributed by atoms with Crippen molar-refractivity contribution in [2.45, 2.75) is 25.5 Å². The predicted molar refractivity (Wildman–Crippen MR) is 65.5 cm³/mol. The Morgan fingerprint density at radius 2 is 2.12 bits per heavy atom. The summed E-state index contributed by atoms with van der Waals surface area (Å²) in [6.07, 6.45) is 1.51. The van der Waals surface area contributed by atoms with E-state index in [2.05, 4.69) is 4.90 Å². The standard InChI is InChI=1S/C13H18N2O2/c14-13(17)11-3-1-2-10(8-11)9-15-6-4-12(16)5-7-15/h1-3,8,12,16H,4-7,9H2,(H2,14,17). The summed E-state index contributed by atoms with van der Waals surface area (Å²) in [4.78, 5) is 13.3. The first-order valence-corrected chi connectivity index (χ1v) is 5.94. The summed E-state index contributed by atoms with van der Waals surface area (Å²) >= 11 is 0. The van der Waals surface area contributed by atoms with Gasteiger partial charge in [0.25, 0.3) is 0 Å². The van der Waals surface area contributed by atoms with Gasteiger partial charge in [-0.25, -0.2) is 0 Å². The normalized spacial score (nSPS) is 18.2. The molecule has 0 unspecified atom stereocenters. The van der Waals surface area contributed by atoms with Crippen LogP contribution in [0.2, 0.25) is 0 Å². The molecule has 1 saturated heterocycles. The number of amides is 1. The van der Waals surface area contributed by atoms with Crippen molar-refractivity contribution < 1.29 is 9.90 Å². The summed E-state index contributed by atoms with van der Waals surface area (Å²) < 4.78 is 0. The molecule has 1 aromatic carbocycles. The van der Waals surface area contributed by atoms with Gasteiger partial charge in [-0.05, 0) is 30.5 Å². The topological polar surface area (TPSA) is 66.6 Å². The van der Waals surface area contributed by atoms with E-state index in [0.29, 0.717) is 5.56 Å². The molecule has 1 aliphatic heterocycles. The molecule has 0 saturated carbocycles. The molecule has 0 spiro atoms. The number of piperidine rings is 1. The van der Waals surface area contributed by atoms with E-state index in [-0.39, 0.29) is 12.0 Å². The molecule has 1 aliphatic rings. The van der Waals surface area contributed by atoms with E-state index in [1.807, 2.05) is 18.2 Å². The number of nitrogens with two attached hydrogens (primary N) is 1. The maximum atomic E-state index is 11.1. The van der Waals surface area contributed by atoms with Gasteiger partial charge in [-0.15, -0.1) is 0 Å². The molecular formula is C13H18N2O2. The highest BCUT2D eigenvalue weighted by Crippen LogP contribution is 2.14. The Hall–Kier alpha value is -1.39. The van der Waals surface area contributed by atoms with Crippen LogP contribution < -0.4 is 5.73 Å². The smallest absolute Gasteiger partial charge is 0.248 e. The SMILES string of the molecule is NC(=O)c1cccc(CN2CCC(O)CC2)c1. The van der Waals surface area contributed by atoms with Crippen molar-refractivity contribution in [2.75, 3.05) is 13.1 Å². The van der Waals surface area contributed by atoms with Crippen LogP contribution in [-0.2, 0) is 6.54 Å². The molecule has 0 bridgehead atoms. The van der Waals surface area contributed by atoms with Crippen molar-refractivity contribution in [2.24, 2.45) is 5.73 Å². The van der Waals surface area contributed by atoms with Crippen LogP contribution in [0.25, 0.3) is 0 Å². The van der Waals surface area contributed by atoms with Crippen molar-refractivity contribution in [1.82, 2.24) is 4.90 Å². The molecule has 0 aliphatic carbocycles. The molecular weight excluding hydrogens is 216 g/mol. The molecule has 1 heterocycles. The Morgan fingerprint density at radius 3 is 2.76 bits per heavy atom. The number of aliphatic hydroxyl groups is 1. The largest absolute Gasteiger partial charge is 0.393 e. The first-order chi connectivity index (χ1) is 8.15. The third-order valence-electron chi connectivity index (χ3n) is 3.17. The second-order valence-corrected chi connectivity index (χ2v) is 4.57. The van der Waals surface area contributed by atoms with Gasteiger partial charge in [0, 0.05) is 25.2 Å². The van der Waals surface area contributed by atoms with Gasteiger partial charge in [0.1, 0.15) is 0 Å². The minimum atomic E-state index is -0.388. The lowest BCUT2D eigenvalue weighted by Crippen LogP contribution is -2.35. The number of primary amides is 1. The van der Waals surface area contributed by atoms with Crippen LogP contribution in [0, 0.1) is 0 Å². The maximum Gasteiger partial charge on any atom is 0.248 e. The molecule has 92 valence electrons. The number of likely N-dealkylation sites (tertiary alicyclic amines) is 1. The zero-order valence-corrected chi connectivity index (χ0v) is 9.80.